The average molecular weight is 251 g/mol. The monoisotopic (exact) mass is 251 g/mol. The van der Waals surface area contributed by atoms with Crippen molar-refractivity contribution < 1.29 is 4.74 Å². The van der Waals surface area contributed by atoms with Gasteiger partial charge >= 0.3 is 0 Å². The molecule has 6 heteroatoms. The van der Waals surface area contributed by atoms with Gasteiger partial charge in [0.1, 0.15) is 5.82 Å². The number of anilines is 2. The Morgan fingerprint density at radius 2 is 2.28 bits per heavy atom. The molecule has 1 fully saturated rings. The zero-order valence-electron chi connectivity index (χ0n) is 11.0. The third-order valence-electron chi connectivity index (χ3n) is 3.10. The van der Waals surface area contributed by atoms with Gasteiger partial charge in [0.15, 0.2) is 0 Å². The van der Waals surface area contributed by atoms with Crippen LogP contribution in [0.2, 0.25) is 0 Å². The number of nitrogens with zero attached hydrogens (tertiary/aromatic N) is 3. The predicted octanol–water partition coefficient (Wildman–Crippen LogP) is 0.964. The summed E-state index contributed by atoms with van der Waals surface area (Å²) in [7, 11) is 1.57. The second-order valence-electron chi connectivity index (χ2n) is 4.44. The first kappa shape index (κ1) is 12.9. The third kappa shape index (κ3) is 3.46. The minimum Gasteiger partial charge on any atom is -0.481 e. The Labute approximate surface area is 108 Å². The lowest BCUT2D eigenvalue weighted by Crippen LogP contribution is -2.31. The summed E-state index contributed by atoms with van der Waals surface area (Å²) in [6.07, 6.45) is 2.67. The van der Waals surface area contributed by atoms with Crippen molar-refractivity contribution >= 4 is 11.8 Å². The van der Waals surface area contributed by atoms with Gasteiger partial charge in [-0.2, -0.15) is 9.97 Å². The third-order valence-corrected chi connectivity index (χ3v) is 3.10. The maximum Gasteiger partial charge on any atom is 0.225 e. The van der Waals surface area contributed by atoms with Gasteiger partial charge in [-0.05, 0) is 19.4 Å². The van der Waals surface area contributed by atoms with E-state index in [9.17, 15) is 0 Å². The number of rotatable bonds is 7. The summed E-state index contributed by atoms with van der Waals surface area (Å²) in [5, 5.41) is 3.25. The minimum atomic E-state index is 0.228. The highest BCUT2D eigenvalue weighted by Crippen LogP contribution is 2.26. The number of methoxy groups -OCH3 is 1. The summed E-state index contributed by atoms with van der Waals surface area (Å²) in [5.74, 6) is 1.43. The van der Waals surface area contributed by atoms with Crippen LogP contribution in [0.3, 0.4) is 0 Å². The van der Waals surface area contributed by atoms with Crippen LogP contribution in [0.4, 0.5) is 11.8 Å². The molecule has 0 bridgehead atoms. The van der Waals surface area contributed by atoms with Crippen LogP contribution >= 0.6 is 0 Å². The van der Waals surface area contributed by atoms with Crippen LogP contribution in [-0.4, -0.2) is 47.7 Å². The van der Waals surface area contributed by atoms with Crippen LogP contribution in [0.1, 0.15) is 19.8 Å². The predicted molar refractivity (Wildman–Crippen MR) is 71.8 cm³/mol. The Hall–Kier alpha value is -1.56. The van der Waals surface area contributed by atoms with Gasteiger partial charge in [-0.1, -0.05) is 6.92 Å². The van der Waals surface area contributed by atoms with E-state index in [1.807, 2.05) is 0 Å². The fourth-order valence-corrected chi connectivity index (χ4v) is 2.00. The van der Waals surface area contributed by atoms with Gasteiger partial charge in [0, 0.05) is 25.2 Å². The zero-order chi connectivity index (χ0) is 13.0. The quantitative estimate of drug-likeness (QED) is 0.752. The number of nitrogens with one attached hydrogen (secondary N) is 1. The maximum atomic E-state index is 5.60. The van der Waals surface area contributed by atoms with Gasteiger partial charge < -0.3 is 15.8 Å². The van der Waals surface area contributed by atoms with E-state index in [1.54, 1.807) is 13.2 Å². The lowest BCUT2D eigenvalue weighted by atomic mass is 10.4. The smallest absolute Gasteiger partial charge is 0.225 e. The highest BCUT2D eigenvalue weighted by atomic mass is 16.5. The molecule has 0 aliphatic heterocycles. The molecule has 1 aliphatic carbocycles. The lowest BCUT2D eigenvalue weighted by molar-refractivity contribution is 0.289. The van der Waals surface area contributed by atoms with Gasteiger partial charge in [-0.15, -0.1) is 0 Å². The Kier molecular flexibility index (Phi) is 4.19. The van der Waals surface area contributed by atoms with E-state index < -0.39 is 0 Å². The molecule has 3 N–H and O–H groups in total. The summed E-state index contributed by atoms with van der Waals surface area (Å²) in [6.45, 7) is 5.17. The first-order valence-corrected chi connectivity index (χ1v) is 6.39. The first-order chi connectivity index (χ1) is 8.72. The number of ether oxygens (including phenoxy) is 1. The van der Waals surface area contributed by atoms with E-state index in [0.717, 1.165) is 25.7 Å². The van der Waals surface area contributed by atoms with E-state index >= 15 is 0 Å². The summed E-state index contributed by atoms with van der Waals surface area (Å²) in [4.78, 5) is 10.5. The Balaban J connectivity index is 1.83. The molecule has 100 valence electrons. The molecule has 0 spiro atoms. The van der Waals surface area contributed by atoms with Crippen molar-refractivity contribution in [1.29, 1.82) is 0 Å². The van der Waals surface area contributed by atoms with Gasteiger partial charge in [-0.3, -0.25) is 4.90 Å². The highest BCUT2D eigenvalue weighted by molar-refractivity contribution is 5.42. The van der Waals surface area contributed by atoms with Crippen molar-refractivity contribution in [3.63, 3.8) is 0 Å². The van der Waals surface area contributed by atoms with Crippen molar-refractivity contribution in [3.8, 4) is 5.88 Å². The molecule has 0 radical (unpaired) electrons. The number of likely N-dealkylation sites (N-methyl/N-ethyl adjacent to an activating group) is 1. The standard InChI is InChI=1S/C12H21N5O/c1-3-17(9-4-5-9)7-6-14-10-8-11(18-2)16-12(13)15-10/h8-9H,3-7H2,1-2H3,(H3,13,14,15,16). The number of hydrogen-bond acceptors (Lipinski definition) is 6. The van der Waals surface area contributed by atoms with E-state index in [1.165, 1.54) is 12.8 Å². The Bertz CT molecular complexity index is 394. The van der Waals surface area contributed by atoms with Gasteiger partial charge in [0.25, 0.3) is 0 Å². The molecular weight excluding hydrogens is 230 g/mol. The Morgan fingerprint density at radius 1 is 1.50 bits per heavy atom. The van der Waals surface area contributed by atoms with Crippen molar-refractivity contribution in [1.82, 2.24) is 14.9 Å². The SMILES string of the molecule is CCN(CCNc1cc(OC)nc(N)n1)C1CC1. The average Bonchev–Trinajstić information content (AvgIpc) is 3.18. The molecule has 0 aromatic carbocycles. The minimum absolute atomic E-state index is 0.228. The molecule has 2 rings (SSSR count). The van der Waals surface area contributed by atoms with Crippen LogP contribution in [0.25, 0.3) is 0 Å². The number of nitrogens with two attached hydrogens (primary N) is 1. The maximum absolute atomic E-state index is 5.60. The molecular formula is C12H21N5O. The van der Waals surface area contributed by atoms with E-state index in [2.05, 4.69) is 27.1 Å². The summed E-state index contributed by atoms with van der Waals surface area (Å²) in [5.41, 5.74) is 5.60. The molecule has 1 aromatic rings. The van der Waals surface area contributed by atoms with Crippen molar-refractivity contribution in [3.05, 3.63) is 6.07 Å². The number of aromatic nitrogens is 2. The zero-order valence-corrected chi connectivity index (χ0v) is 11.0. The Morgan fingerprint density at radius 3 is 2.89 bits per heavy atom. The second kappa shape index (κ2) is 5.86. The molecule has 0 saturated heterocycles. The van der Waals surface area contributed by atoms with Crippen molar-refractivity contribution in [2.45, 2.75) is 25.8 Å². The van der Waals surface area contributed by atoms with Gasteiger partial charge in [-0.25, -0.2) is 0 Å². The molecule has 1 aliphatic rings. The van der Waals surface area contributed by atoms with Crippen LogP contribution in [0.15, 0.2) is 6.07 Å². The number of nitrogen functional groups attached to an aromatic ring is 1. The summed E-state index contributed by atoms with van der Waals surface area (Å²) < 4.78 is 5.05. The lowest BCUT2D eigenvalue weighted by Gasteiger charge is -2.19. The molecule has 0 unspecified atom stereocenters. The van der Waals surface area contributed by atoms with E-state index in [0.29, 0.717) is 11.7 Å². The van der Waals surface area contributed by atoms with Gasteiger partial charge in [0.05, 0.1) is 7.11 Å². The normalized spacial score (nSPS) is 14.8. The molecule has 6 nitrogen and oxygen atoms in total. The molecule has 1 heterocycles. The first-order valence-electron chi connectivity index (χ1n) is 6.39. The second-order valence-corrected chi connectivity index (χ2v) is 4.44. The van der Waals surface area contributed by atoms with Gasteiger partial charge in [0.2, 0.25) is 11.8 Å². The van der Waals surface area contributed by atoms with Crippen LogP contribution in [0.5, 0.6) is 5.88 Å². The fraction of sp³-hybridized carbons (Fsp3) is 0.667. The number of hydrogen-bond donors (Lipinski definition) is 2. The van der Waals surface area contributed by atoms with Crippen LogP contribution in [-0.2, 0) is 0 Å². The fourth-order valence-electron chi connectivity index (χ4n) is 2.00. The molecule has 18 heavy (non-hydrogen) atoms. The molecule has 1 saturated carbocycles. The topological polar surface area (TPSA) is 76.3 Å². The van der Waals surface area contributed by atoms with Crippen molar-refractivity contribution in [2.24, 2.45) is 0 Å². The van der Waals surface area contributed by atoms with Crippen molar-refractivity contribution in [2.75, 3.05) is 37.8 Å². The molecule has 1 aromatic heterocycles. The summed E-state index contributed by atoms with van der Waals surface area (Å²) in [6, 6.07) is 2.55. The molecule has 0 atom stereocenters. The van der Waals surface area contributed by atoms with E-state index in [-0.39, 0.29) is 5.95 Å². The highest BCUT2D eigenvalue weighted by Gasteiger charge is 2.27. The van der Waals surface area contributed by atoms with E-state index in [4.69, 9.17) is 10.5 Å². The summed E-state index contributed by atoms with van der Waals surface area (Å²) >= 11 is 0. The van der Waals surface area contributed by atoms with Crippen LogP contribution in [0, 0.1) is 0 Å². The largest absolute Gasteiger partial charge is 0.481 e. The van der Waals surface area contributed by atoms with Crippen LogP contribution < -0.4 is 15.8 Å². The molecule has 0 amide bonds.